The SMILES string of the molecule is CC(C)(C)c1ccc(N(c2ccc(C(C)(C)C)cc2)c2cc3c4c(c2)N(c2ccc(C(C)(C)C)cc2)c2c(oc5cc6c(cc25)C(C)(C)CCC6(C)C)B4c2cc(C(C)(C)C)ccc2N3c2ccc(C(C)(C)C)cc2)cc1. The molecule has 77 heavy (non-hydrogen) atoms. The van der Waals surface area contributed by atoms with Crippen molar-refractivity contribution >= 4 is 85.5 Å². The summed E-state index contributed by atoms with van der Waals surface area (Å²) in [5, 5.41) is 1.17. The molecule has 5 heteroatoms. The Labute approximate surface area is 463 Å². The second-order valence-electron chi connectivity index (χ2n) is 29.5. The van der Waals surface area contributed by atoms with Crippen molar-refractivity contribution in [3.8, 4) is 0 Å². The Hall–Kier alpha value is -6.46. The number of hydrogen-bond acceptors (Lipinski definition) is 4. The van der Waals surface area contributed by atoms with Gasteiger partial charge in [-0.05, 0) is 179 Å². The lowest BCUT2D eigenvalue weighted by Gasteiger charge is -2.44. The minimum atomic E-state index is -0.201. The molecule has 0 radical (unpaired) electrons. The summed E-state index contributed by atoms with van der Waals surface area (Å²) < 4.78 is 7.70. The van der Waals surface area contributed by atoms with Crippen LogP contribution in [0.4, 0.5) is 51.2 Å². The van der Waals surface area contributed by atoms with Crippen molar-refractivity contribution in [3.63, 3.8) is 0 Å². The summed E-state index contributed by atoms with van der Waals surface area (Å²) in [6.45, 7) is 44.2. The van der Waals surface area contributed by atoms with Crippen LogP contribution in [0.1, 0.15) is 183 Å². The van der Waals surface area contributed by atoms with Gasteiger partial charge in [0.15, 0.2) is 0 Å². The summed E-state index contributed by atoms with van der Waals surface area (Å²) in [5.41, 5.74) is 23.9. The van der Waals surface area contributed by atoms with Crippen LogP contribution in [0.15, 0.2) is 144 Å². The maximum Gasteiger partial charge on any atom is 0.297 e. The number of benzene rings is 7. The van der Waals surface area contributed by atoms with Crippen molar-refractivity contribution in [2.75, 3.05) is 14.7 Å². The Morgan fingerprint density at radius 1 is 0.416 bits per heavy atom. The smallest absolute Gasteiger partial charge is 0.297 e. The molecule has 0 saturated carbocycles. The fourth-order valence-corrected chi connectivity index (χ4v) is 12.6. The van der Waals surface area contributed by atoms with Crippen LogP contribution in [0.5, 0.6) is 0 Å². The van der Waals surface area contributed by atoms with E-state index in [9.17, 15) is 0 Å². The zero-order chi connectivity index (χ0) is 55.3. The third-order valence-corrected chi connectivity index (χ3v) is 17.7. The van der Waals surface area contributed by atoms with Crippen molar-refractivity contribution in [2.24, 2.45) is 0 Å². The Balaban J connectivity index is 1.29. The van der Waals surface area contributed by atoms with Crippen molar-refractivity contribution in [2.45, 2.75) is 182 Å². The topological polar surface area (TPSA) is 22.9 Å². The van der Waals surface area contributed by atoms with E-state index in [1.807, 2.05) is 0 Å². The predicted octanol–water partition coefficient (Wildman–Crippen LogP) is 18.8. The molecule has 0 unspecified atom stereocenters. The predicted molar refractivity (Wildman–Crippen MR) is 334 cm³/mol. The van der Waals surface area contributed by atoms with E-state index in [2.05, 4.69) is 286 Å². The van der Waals surface area contributed by atoms with E-state index in [1.54, 1.807) is 0 Å². The van der Waals surface area contributed by atoms with Crippen LogP contribution < -0.4 is 31.3 Å². The standard InChI is InChI=1S/C72H84BN3O/c1-66(2,3)45-20-29-50(30-21-45)74(51-31-22-46(23-32-51)67(4,5)6)54-41-60-63-61(42-54)76(53-35-26-48(27-36-53)69(10,11)12)64-55-43-56-57(72(18,19)39-38-71(56,16)17)44-62(55)77-65(64)73(63)58-40-49(70(13,14)15)28-37-59(58)75(60)52-33-24-47(25-34-52)68(7,8)9/h20-37,40-44H,38-39H2,1-19H3. The third-order valence-electron chi connectivity index (χ3n) is 17.7. The van der Waals surface area contributed by atoms with Crippen LogP contribution in [0.3, 0.4) is 0 Å². The van der Waals surface area contributed by atoms with Crippen LogP contribution in [-0.2, 0) is 37.9 Å². The number of hydrogen-bond donors (Lipinski definition) is 0. The third kappa shape index (κ3) is 9.02. The molecule has 1 aliphatic carbocycles. The summed E-state index contributed by atoms with van der Waals surface area (Å²) in [5.74, 6) is 0. The molecule has 8 aromatic rings. The summed E-state index contributed by atoms with van der Waals surface area (Å²) in [6, 6.07) is 54.7. The zero-order valence-corrected chi connectivity index (χ0v) is 50.0. The van der Waals surface area contributed by atoms with Gasteiger partial charge in [0.05, 0.1) is 17.0 Å². The second-order valence-corrected chi connectivity index (χ2v) is 29.5. The molecule has 0 saturated heterocycles. The van der Waals surface area contributed by atoms with Gasteiger partial charge < -0.3 is 19.1 Å². The molecule has 4 nitrogen and oxygen atoms in total. The molecule has 0 atom stereocenters. The Morgan fingerprint density at radius 2 is 0.805 bits per heavy atom. The molecule has 0 N–H and O–H groups in total. The maximum absolute atomic E-state index is 7.70. The highest BCUT2D eigenvalue weighted by Gasteiger charge is 2.49. The molecule has 0 bridgehead atoms. The first-order valence-corrected chi connectivity index (χ1v) is 28.6. The highest BCUT2D eigenvalue weighted by molar-refractivity contribution is 7.00. The van der Waals surface area contributed by atoms with Crippen molar-refractivity contribution in [1.29, 1.82) is 0 Å². The summed E-state index contributed by atoms with van der Waals surface area (Å²) >= 11 is 0. The minimum Gasteiger partial charge on any atom is -0.468 e. The number of rotatable bonds is 5. The molecule has 1 aromatic heterocycles. The first-order valence-electron chi connectivity index (χ1n) is 28.6. The lowest BCUT2D eigenvalue weighted by molar-refractivity contribution is 0.332. The lowest BCUT2D eigenvalue weighted by Crippen LogP contribution is -2.61. The molecule has 3 heterocycles. The number of anilines is 9. The number of nitrogens with zero attached hydrogens (tertiary/aromatic N) is 3. The number of fused-ring (bicyclic) bond motifs is 7. The molecule has 7 aromatic carbocycles. The van der Waals surface area contributed by atoms with Crippen molar-refractivity contribution in [3.05, 3.63) is 178 Å². The van der Waals surface area contributed by atoms with E-state index in [4.69, 9.17) is 4.42 Å². The first-order chi connectivity index (χ1) is 35.8. The van der Waals surface area contributed by atoms with Crippen LogP contribution in [0.25, 0.3) is 11.0 Å². The Bertz CT molecular complexity index is 3520. The average molecular weight is 1020 g/mol. The van der Waals surface area contributed by atoms with E-state index in [0.717, 1.165) is 69.6 Å². The van der Waals surface area contributed by atoms with Gasteiger partial charge in [-0.2, -0.15) is 0 Å². The van der Waals surface area contributed by atoms with Gasteiger partial charge >= 0.3 is 0 Å². The van der Waals surface area contributed by atoms with Gasteiger partial charge in [-0.25, -0.2) is 0 Å². The van der Waals surface area contributed by atoms with Crippen molar-refractivity contribution < 1.29 is 4.42 Å². The van der Waals surface area contributed by atoms with Crippen LogP contribution >= 0.6 is 0 Å². The molecule has 2 aliphatic heterocycles. The van der Waals surface area contributed by atoms with Gasteiger partial charge in [0.2, 0.25) is 0 Å². The molecule has 396 valence electrons. The zero-order valence-electron chi connectivity index (χ0n) is 50.0. The summed E-state index contributed by atoms with van der Waals surface area (Å²) in [6.07, 6.45) is 2.27. The van der Waals surface area contributed by atoms with E-state index >= 15 is 0 Å². The minimum absolute atomic E-state index is 0.0000804. The summed E-state index contributed by atoms with van der Waals surface area (Å²) in [4.78, 5) is 7.65. The van der Waals surface area contributed by atoms with E-state index in [1.165, 1.54) is 60.9 Å². The normalized spacial score (nSPS) is 16.0. The first kappa shape index (κ1) is 52.6. The van der Waals surface area contributed by atoms with Gasteiger partial charge in [0, 0.05) is 45.2 Å². The van der Waals surface area contributed by atoms with Crippen LogP contribution in [0, 0.1) is 0 Å². The van der Waals surface area contributed by atoms with Crippen LogP contribution in [0.2, 0.25) is 0 Å². The fourth-order valence-electron chi connectivity index (χ4n) is 12.6. The maximum atomic E-state index is 7.70. The lowest BCUT2D eigenvalue weighted by atomic mass is 9.35. The van der Waals surface area contributed by atoms with Gasteiger partial charge in [-0.15, -0.1) is 0 Å². The van der Waals surface area contributed by atoms with E-state index in [0.29, 0.717) is 0 Å². The average Bonchev–Trinajstić information content (AvgIpc) is 3.72. The van der Waals surface area contributed by atoms with Gasteiger partial charge in [0.25, 0.3) is 6.71 Å². The molecular weight excluding hydrogens is 934 g/mol. The Kier molecular flexibility index (Phi) is 12.0. The summed E-state index contributed by atoms with van der Waals surface area (Å²) in [7, 11) is 0. The highest BCUT2D eigenvalue weighted by Crippen LogP contribution is 2.53. The monoisotopic (exact) mass is 1020 g/mol. The van der Waals surface area contributed by atoms with E-state index in [-0.39, 0.29) is 44.6 Å². The van der Waals surface area contributed by atoms with Crippen LogP contribution in [-0.4, -0.2) is 6.71 Å². The Morgan fingerprint density at radius 3 is 1.25 bits per heavy atom. The molecule has 0 amide bonds. The second kappa shape index (κ2) is 17.5. The largest absolute Gasteiger partial charge is 0.468 e. The van der Waals surface area contributed by atoms with E-state index < -0.39 is 0 Å². The quantitative estimate of drug-likeness (QED) is 0.160. The molecule has 3 aliphatic rings. The molecular formula is C72H84BN3O. The molecule has 0 fully saturated rings. The van der Waals surface area contributed by atoms with Gasteiger partial charge in [-0.1, -0.05) is 192 Å². The van der Waals surface area contributed by atoms with Crippen molar-refractivity contribution in [1.82, 2.24) is 0 Å². The van der Waals surface area contributed by atoms with Gasteiger partial charge in [0.1, 0.15) is 5.58 Å². The fraction of sp³-hybridized carbons (Fsp3) is 0.389. The molecule has 0 spiro atoms. The van der Waals surface area contributed by atoms with Gasteiger partial charge in [-0.3, -0.25) is 0 Å². The highest BCUT2D eigenvalue weighted by atomic mass is 16.3. The number of furan rings is 1. The molecule has 11 rings (SSSR count).